The summed E-state index contributed by atoms with van der Waals surface area (Å²) in [5.74, 6) is 0.854. The third-order valence-corrected chi connectivity index (χ3v) is 2.71. The van der Waals surface area contributed by atoms with Gasteiger partial charge in [0.05, 0.1) is 6.61 Å². The summed E-state index contributed by atoms with van der Waals surface area (Å²) in [6.45, 7) is 3.47. The van der Waals surface area contributed by atoms with E-state index in [-0.39, 0.29) is 0 Å². The van der Waals surface area contributed by atoms with Crippen LogP contribution in [0.4, 0.5) is 0 Å². The van der Waals surface area contributed by atoms with Gasteiger partial charge in [-0.15, -0.1) is 0 Å². The number of rotatable bonds is 7. The molecular formula is C13H19NO2S. The van der Waals surface area contributed by atoms with Crippen LogP contribution in [0.15, 0.2) is 18.2 Å². The minimum atomic E-state index is 0.397. The molecular weight excluding hydrogens is 234 g/mol. The van der Waals surface area contributed by atoms with Gasteiger partial charge in [0.15, 0.2) is 0 Å². The maximum atomic E-state index is 5.70. The van der Waals surface area contributed by atoms with Gasteiger partial charge in [0.1, 0.15) is 10.7 Å². The molecule has 0 atom stereocenters. The van der Waals surface area contributed by atoms with Crippen LogP contribution in [0.25, 0.3) is 0 Å². The Morgan fingerprint density at radius 3 is 2.65 bits per heavy atom. The molecule has 0 amide bonds. The van der Waals surface area contributed by atoms with Crippen molar-refractivity contribution in [3.63, 3.8) is 0 Å². The average molecular weight is 253 g/mol. The normalized spacial score (nSPS) is 10.2. The summed E-state index contributed by atoms with van der Waals surface area (Å²) in [5, 5.41) is 0. The van der Waals surface area contributed by atoms with Gasteiger partial charge in [-0.2, -0.15) is 0 Å². The van der Waals surface area contributed by atoms with E-state index in [2.05, 4.69) is 0 Å². The third kappa shape index (κ3) is 4.71. The molecule has 0 saturated carbocycles. The molecule has 4 heteroatoms. The highest BCUT2D eigenvalue weighted by Crippen LogP contribution is 2.19. The molecule has 1 rings (SSSR count). The zero-order valence-corrected chi connectivity index (χ0v) is 11.2. The van der Waals surface area contributed by atoms with Gasteiger partial charge in [0.25, 0.3) is 0 Å². The van der Waals surface area contributed by atoms with Crippen LogP contribution in [0.3, 0.4) is 0 Å². The average Bonchev–Trinajstić information content (AvgIpc) is 2.30. The molecule has 0 heterocycles. The molecule has 0 aliphatic carbocycles. The van der Waals surface area contributed by atoms with Crippen molar-refractivity contribution in [2.24, 2.45) is 5.73 Å². The number of methoxy groups -OCH3 is 1. The number of unbranched alkanes of at least 4 members (excludes halogenated alkanes) is 1. The minimum absolute atomic E-state index is 0.397. The van der Waals surface area contributed by atoms with Crippen molar-refractivity contribution in [1.29, 1.82) is 0 Å². The van der Waals surface area contributed by atoms with E-state index in [0.29, 0.717) is 11.6 Å². The van der Waals surface area contributed by atoms with Gasteiger partial charge in [-0.05, 0) is 31.4 Å². The van der Waals surface area contributed by atoms with Crippen LogP contribution in [0.1, 0.15) is 24.0 Å². The molecule has 0 aliphatic rings. The highest BCUT2D eigenvalue weighted by atomic mass is 32.1. The summed E-state index contributed by atoms with van der Waals surface area (Å²) in [7, 11) is 1.71. The molecule has 0 radical (unpaired) electrons. The Balaban J connectivity index is 2.51. The molecule has 3 nitrogen and oxygen atoms in total. The number of thiocarbonyl (C=S) groups is 1. The molecule has 17 heavy (non-hydrogen) atoms. The lowest BCUT2D eigenvalue weighted by Crippen LogP contribution is -2.10. The van der Waals surface area contributed by atoms with E-state index >= 15 is 0 Å². The van der Waals surface area contributed by atoms with Crippen molar-refractivity contribution >= 4 is 17.2 Å². The largest absolute Gasteiger partial charge is 0.493 e. The molecule has 0 saturated heterocycles. The van der Waals surface area contributed by atoms with Crippen molar-refractivity contribution in [1.82, 2.24) is 0 Å². The molecule has 0 unspecified atom stereocenters. The molecule has 2 N–H and O–H groups in total. The van der Waals surface area contributed by atoms with Crippen molar-refractivity contribution in [2.45, 2.75) is 19.8 Å². The fourth-order valence-electron chi connectivity index (χ4n) is 1.44. The summed E-state index contributed by atoms with van der Waals surface area (Å²) in [6.07, 6.45) is 1.98. The molecule has 0 bridgehead atoms. The van der Waals surface area contributed by atoms with Gasteiger partial charge < -0.3 is 15.2 Å². The van der Waals surface area contributed by atoms with Gasteiger partial charge in [-0.25, -0.2) is 0 Å². The first-order valence-electron chi connectivity index (χ1n) is 5.67. The lowest BCUT2D eigenvalue weighted by atomic mass is 10.1. The summed E-state index contributed by atoms with van der Waals surface area (Å²) in [5.41, 5.74) is 7.53. The lowest BCUT2D eigenvalue weighted by Gasteiger charge is -2.10. The van der Waals surface area contributed by atoms with E-state index in [1.165, 1.54) is 0 Å². The molecule has 0 fully saturated rings. The van der Waals surface area contributed by atoms with Crippen molar-refractivity contribution in [3.8, 4) is 5.75 Å². The first-order chi connectivity index (χ1) is 8.15. The zero-order valence-electron chi connectivity index (χ0n) is 10.4. The monoisotopic (exact) mass is 253 g/mol. The standard InChI is InChI=1S/C13H19NO2S/c1-10-5-6-11(13(14)17)9-12(10)16-8-4-3-7-15-2/h5-6,9H,3-4,7-8H2,1-2H3,(H2,14,17). The second-order valence-electron chi connectivity index (χ2n) is 3.89. The van der Waals surface area contributed by atoms with E-state index < -0.39 is 0 Å². The van der Waals surface area contributed by atoms with Crippen LogP contribution < -0.4 is 10.5 Å². The molecule has 94 valence electrons. The van der Waals surface area contributed by atoms with E-state index in [1.54, 1.807) is 7.11 Å². The number of benzene rings is 1. The highest BCUT2D eigenvalue weighted by Gasteiger charge is 2.03. The Labute approximate surface area is 108 Å². The molecule has 1 aromatic carbocycles. The van der Waals surface area contributed by atoms with E-state index in [4.69, 9.17) is 27.4 Å². The molecule has 0 aromatic heterocycles. The first-order valence-corrected chi connectivity index (χ1v) is 6.08. The van der Waals surface area contributed by atoms with Crippen molar-refractivity contribution in [3.05, 3.63) is 29.3 Å². The molecule has 0 spiro atoms. The van der Waals surface area contributed by atoms with Crippen LogP contribution in [-0.2, 0) is 4.74 Å². The fourth-order valence-corrected chi connectivity index (χ4v) is 1.57. The Hall–Kier alpha value is -1.13. The number of aryl methyl sites for hydroxylation is 1. The Kier molecular flexibility index (Phi) is 5.94. The second-order valence-corrected chi connectivity index (χ2v) is 4.33. The smallest absolute Gasteiger partial charge is 0.122 e. The van der Waals surface area contributed by atoms with E-state index in [0.717, 1.165) is 36.3 Å². The zero-order chi connectivity index (χ0) is 12.7. The second kappa shape index (κ2) is 7.25. The maximum Gasteiger partial charge on any atom is 0.122 e. The lowest BCUT2D eigenvalue weighted by molar-refractivity contribution is 0.184. The predicted molar refractivity (Wildman–Crippen MR) is 73.7 cm³/mol. The van der Waals surface area contributed by atoms with E-state index in [9.17, 15) is 0 Å². The van der Waals surface area contributed by atoms with Gasteiger partial charge in [-0.3, -0.25) is 0 Å². The highest BCUT2D eigenvalue weighted by molar-refractivity contribution is 7.80. The van der Waals surface area contributed by atoms with Crippen LogP contribution in [-0.4, -0.2) is 25.3 Å². The number of hydrogen-bond donors (Lipinski definition) is 1. The third-order valence-electron chi connectivity index (χ3n) is 2.47. The van der Waals surface area contributed by atoms with Gasteiger partial charge in [0, 0.05) is 19.3 Å². The van der Waals surface area contributed by atoms with Crippen LogP contribution in [0.5, 0.6) is 5.75 Å². The number of nitrogens with two attached hydrogens (primary N) is 1. The van der Waals surface area contributed by atoms with Crippen molar-refractivity contribution in [2.75, 3.05) is 20.3 Å². The fraction of sp³-hybridized carbons (Fsp3) is 0.462. The number of ether oxygens (including phenoxy) is 2. The first kappa shape index (κ1) is 13.9. The van der Waals surface area contributed by atoms with Crippen LogP contribution in [0, 0.1) is 6.92 Å². The Morgan fingerprint density at radius 1 is 1.29 bits per heavy atom. The van der Waals surface area contributed by atoms with Crippen LogP contribution in [0.2, 0.25) is 0 Å². The number of hydrogen-bond acceptors (Lipinski definition) is 3. The summed E-state index contributed by atoms with van der Waals surface area (Å²) < 4.78 is 10.7. The Bertz CT molecular complexity index is 380. The quantitative estimate of drug-likeness (QED) is 0.599. The van der Waals surface area contributed by atoms with Gasteiger partial charge in [0.2, 0.25) is 0 Å². The summed E-state index contributed by atoms with van der Waals surface area (Å²) in [4.78, 5) is 0.397. The van der Waals surface area contributed by atoms with Gasteiger partial charge in [-0.1, -0.05) is 24.4 Å². The minimum Gasteiger partial charge on any atom is -0.493 e. The predicted octanol–water partition coefficient (Wildman–Crippen LogP) is 2.43. The van der Waals surface area contributed by atoms with Gasteiger partial charge >= 0.3 is 0 Å². The molecule has 0 aliphatic heterocycles. The SMILES string of the molecule is COCCCCOc1cc(C(N)=S)ccc1C. The van der Waals surface area contributed by atoms with E-state index in [1.807, 2.05) is 25.1 Å². The topological polar surface area (TPSA) is 44.5 Å². The molecule has 1 aromatic rings. The maximum absolute atomic E-state index is 5.70. The van der Waals surface area contributed by atoms with Crippen LogP contribution >= 0.6 is 12.2 Å². The summed E-state index contributed by atoms with van der Waals surface area (Å²) >= 11 is 4.94. The Morgan fingerprint density at radius 2 is 2.00 bits per heavy atom. The van der Waals surface area contributed by atoms with Crippen molar-refractivity contribution < 1.29 is 9.47 Å². The summed E-state index contributed by atoms with van der Waals surface area (Å²) in [6, 6.07) is 5.78.